The highest BCUT2D eigenvalue weighted by molar-refractivity contribution is 5.18. The minimum Gasteiger partial charge on any atom is -0.293 e. The number of halogens is 1. The Balaban J connectivity index is 2.27. The van der Waals surface area contributed by atoms with Gasteiger partial charge in [0, 0.05) is 14.8 Å². The van der Waals surface area contributed by atoms with Crippen molar-refractivity contribution in [3.05, 3.63) is 11.9 Å². The fourth-order valence-corrected chi connectivity index (χ4v) is 2.93. The molecule has 0 amide bonds. The summed E-state index contributed by atoms with van der Waals surface area (Å²) in [6, 6.07) is 0. The summed E-state index contributed by atoms with van der Waals surface area (Å²) < 4.78 is 28.6. The first kappa shape index (κ1) is 7.86. The van der Waals surface area contributed by atoms with E-state index in [2.05, 4.69) is 13.8 Å². The van der Waals surface area contributed by atoms with Crippen LogP contribution >= 0.6 is 0 Å². The van der Waals surface area contributed by atoms with Crippen LogP contribution in [0.4, 0.5) is 4.39 Å². The molecular formula is C12H20FN. The lowest BCUT2D eigenvalue weighted by molar-refractivity contribution is 0.163. The standard InChI is InChI=1S/C12H20FN/c1-10(2)6-12-4-3-5-14(12)9-11(7-12)8-13/h8,10H,3-7,9H2,1-2H3/b11-8-/t12-/m1/s1/i5D2. The molecule has 1 nitrogen and oxygen atoms in total. The van der Waals surface area contributed by atoms with Crippen molar-refractivity contribution in [1.29, 1.82) is 0 Å². The van der Waals surface area contributed by atoms with E-state index < -0.39 is 6.50 Å². The van der Waals surface area contributed by atoms with E-state index in [4.69, 9.17) is 2.74 Å². The fourth-order valence-electron chi connectivity index (χ4n) is 2.93. The summed E-state index contributed by atoms with van der Waals surface area (Å²) in [5.74, 6) is 0.523. The molecule has 0 saturated carbocycles. The van der Waals surface area contributed by atoms with Gasteiger partial charge in [-0.25, -0.2) is 4.39 Å². The van der Waals surface area contributed by atoms with E-state index >= 15 is 0 Å². The molecule has 0 N–H and O–H groups in total. The lowest BCUT2D eigenvalue weighted by Gasteiger charge is -2.33. The lowest BCUT2D eigenvalue weighted by Crippen LogP contribution is -2.39. The molecule has 0 aromatic rings. The van der Waals surface area contributed by atoms with Crippen LogP contribution in [0.3, 0.4) is 0 Å². The monoisotopic (exact) mass is 199 g/mol. The van der Waals surface area contributed by atoms with Crippen LogP contribution in [0, 0.1) is 5.92 Å². The average Bonchev–Trinajstić information content (AvgIpc) is 2.63. The molecule has 2 aliphatic heterocycles. The van der Waals surface area contributed by atoms with Gasteiger partial charge in [-0.15, -0.1) is 0 Å². The zero-order valence-corrected chi connectivity index (χ0v) is 9.02. The summed E-state index contributed by atoms with van der Waals surface area (Å²) in [5, 5.41) is 0. The van der Waals surface area contributed by atoms with Gasteiger partial charge in [-0.2, -0.15) is 0 Å². The molecule has 2 saturated heterocycles. The van der Waals surface area contributed by atoms with Crippen molar-refractivity contribution in [2.45, 2.75) is 45.1 Å². The first-order valence-corrected chi connectivity index (χ1v) is 5.45. The Morgan fingerprint density at radius 2 is 2.50 bits per heavy atom. The third-order valence-electron chi connectivity index (χ3n) is 3.33. The van der Waals surface area contributed by atoms with E-state index in [1.807, 2.05) is 4.90 Å². The largest absolute Gasteiger partial charge is 0.293 e. The van der Waals surface area contributed by atoms with Crippen LogP contribution in [0.2, 0.25) is 0 Å². The van der Waals surface area contributed by atoms with Gasteiger partial charge in [0.2, 0.25) is 0 Å². The predicted molar refractivity (Wildman–Crippen MR) is 56.8 cm³/mol. The highest BCUT2D eigenvalue weighted by atomic mass is 19.1. The summed E-state index contributed by atoms with van der Waals surface area (Å²) in [5.41, 5.74) is 0.638. The molecule has 0 unspecified atom stereocenters. The van der Waals surface area contributed by atoms with Crippen molar-refractivity contribution in [1.82, 2.24) is 4.90 Å². The third kappa shape index (κ3) is 1.60. The molecule has 2 heteroatoms. The molecule has 0 bridgehead atoms. The van der Waals surface area contributed by atoms with Gasteiger partial charge >= 0.3 is 0 Å². The van der Waals surface area contributed by atoms with E-state index in [0.29, 0.717) is 31.6 Å². The van der Waals surface area contributed by atoms with Crippen LogP contribution in [0.25, 0.3) is 0 Å². The maximum atomic E-state index is 12.7. The second-order valence-corrected chi connectivity index (χ2v) is 5.01. The number of rotatable bonds is 2. The van der Waals surface area contributed by atoms with E-state index in [0.717, 1.165) is 18.4 Å². The number of hydrogen-bond donors (Lipinski definition) is 0. The third-order valence-corrected chi connectivity index (χ3v) is 3.33. The number of fused-ring (bicyclic) bond motifs is 1. The molecule has 14 heavy (non-hydrogen) atoms. The topological polar surface area (TPSA) is 3.24 Å². The Labute approximate surface area is 88.8 Å². The summed E-state index contributed by atoms with van der Waals surface area (Å²) in [6.07, 6.45) is 3.79. The lowest BCUT2D eigenvalue weighted by atomic mass is 9.84. The van der Waals surface area contributed by atoms with Gasteiger partial charge in [0.25, 0.3) is 0 Å². The Morgan fingerprint density at radius 1 is 1.71 bits per heavy atom. The van der Waals surface area contributed by atoms with Crippen LogP contribution in [0.5, 0.6) is 0 Å². The van der Waals surface area contributed by atoms with E-state index in [1.54, 1.807) is 0 Å². The Morgan fingerprint density at radius 3 is 3.14 bits per heavy atom. The summed E-state index contributed by atoms with van der Waals surface area (Å²) in [6.45, 7) is 3.52. The van der Waals surface area contributed by atoms with Crippen LogP contribution in [0.15, 0.2) is 11.9 Å². The summed E-state index contributed by atoms with van der Waals surface area (Å²) in [4.78, 5) is 1.89. The Hall–Kier alpha value is -0.370. The first-order chi connectivity index (χ1) is 7.39. The molecule has 0 spiro atoms. The van der Waals surface area contributed by atoms with Crippen LogP contribution in [0.1, 0.15) is 42.3 Å². The van der Waals surface area contributed by atoms with Crippen molar-refractivity contribution in [2.24, 2.45) is 5.92 Å². The van der Waals surface area contributed by atoms with Gasteiger partial charge in [0.1, 0.15) is 0 Å². The molecule has 80 valence electrons. The SMILES string of the molecule is [2H]C1([2H])CC[C@@]2(CC(C)C)C/C(=C/F)CN12. The molecule has 1 atom stereocenters. The summed E-state index contributed by atoms with van der Waals surface area (Å²) in [7, 11) is 0. The van der Waals surface area contributed by atoms with E-state index in [1.165, 1.54) is 0 Å². The predicted octanol–water partition coefficient (Wildman–Crippen LogP) is 3.12. The molecular weight excluding hydrogens is 177 g/mol. The zero-order chi connectivity index (χ0) is 12.0. The molecule has 2 aliphatic rings. The molecule has 0 aromatic carbocycles. The molecule has 0 aliphatic carbocycles. The minimum atomic E-state index is -1.25. The van der Waals surface area contributed by atoms with Crippen molar-refractivity contribution in [3.8, 4) is 0 Å². The van der Waals surface area contributed by atoms with Gasteiger partial charge < -0.3 is 0 Å². The second kappa shape index (κ2) is 3.65. The molecule has 0 aromatic heterocycles. The normalized spacial score (nSPS) is 41.6. The van der Waals surface area contributed by atoms with Gasteiger partial charge in [0.05, 0.1) is 6.33 Å². The van der Waals surface area contributed by atoms with Gasteiger partial charge in [-0.05, 0) is 43.7 Å². The molecule has 0 radical (unpaired) electrons. The molecule has 2 heterocycles. The Kier molecular flexibility index (Phi) is 2.05. The highest BCUT2D eigenvalue weighted by Crippen LogP contribution is 2.45. The van der Waals surface area contributed by atoms with Crippen LogP contribution in [-0.4, -0.2) is 23.5 Å². The quantitative estimate of drug-likeness (QED) is 0.660. The van der Waals surface area contributed by atoms with Crippen molar-refractivity contribution in [3.63, 3.8) is 0 Å². The molecule has 2 rings (SSSR count). The highest BCUT2D eigenvalue weighted by Gasteiger charge is 2.46. The Bertz CT molecular complexity index is 314. The number of nitrogens with zero attached hydrogens (tertiary/aromatic N) is 1. The van der Waals surface area contributed by atoms with E-state index in [-0.39, 0.29) is 5.54 Å². The zero-order valence-electron chi connectivity index (χ0n) is 11.0. The van der Waals surface area contributed by atoms with Crippen molar-refractivity contribution in [2.75, 3.05) is 13.0 Å². The van der Waals surface area contributed by atoms with Crippen LogP contribution in [-0.2, 0) is 0 Å². The van der Waals surface area contributed by atoms with Crippen molar-refractivity contribution >= 4 is 0 Å². The van der Waals surface area contributed by atoms with Gasteiger partial charge in [0.15, 0.2) is 0 Å². The first-order valence-electron chi connectivity index (χ1n) is 6.45. The maximum absolute atomic E-state index is 12.7. The minimum absolute atomic E-state index is 0.115. The van der Waals surface area contributed by atoms with Crippen LogP contribution < -0.4 is 0 Å². The van der Waals surface area contributed by atoms with Crippen molar-refractivity contribution < 1.29 is 7.13 Å². The maximum Gasteiger partial charge on any atom is 0.0872 e. The van der Waals surface area contributed by atoms with Gasteiger partial charge in [-0.3, -0.25) is 4.90 Å². The smallest absolute Gasteiger partial charge is 0.0872 e. The average molecular weight is 199 g/mol. The number of hydrogen-bond acceptors (Lipinski definition) is 1. The summed E-state index contributed by atoms with van der Waals surface area (Å²) >= 11 is 0. The second-order valence-electron chi connectivity index (χ2n) is 5.01. The van der Waals surface area contributed by atoms with E-state index in [9.17, 15) is 4.39 Å². The fraction of sp³-hybridized carbons (Fsp3) is 0.833. The van der Waals surface area contributed by atoms with Gasteiger partial charge in [-0.1, -0.05) is 13.8 Å². The molecule has 2 fully saturated rings.